The van der Waals surface area contributed by atoms with Crippen molar-refractivity contribution in [3.05, 3.63) is 7.16 Å². The van der Waals surface area contributed by atoms with Crippen LogP contribution in [0.4, 0.5) is 0 Å². The van der Waals surface area contributed by atoms with E-state index in [9.17, 15) is 9.59 Å². The summed E-state index contributed by atoms with van der Waals surface area (Å²) in [6.45, 7) is 3.12. The van der Waals surface area contributed by atoms with Crippen LogP contribution in [0.1, 0.15) is 13.8 Å². The molecule has 0 saturated carbocycles. The van der Waals surface area contributed by atoms with Crippen LogP contribution in [0.25, 0.3) is 0 Å². The second kappa shape index (κ2) is 8.40. The summed E-state index contributed by atoms with van der Waals surface area (Å²) in [5.41, 5.74) is 0. The van der Waals surface area contributed by atoms with Crippen molar-refractivity contribution < 1.29 is 9.59 Å². The van der Waals surface area contributed by atoms with Crippen LogP contribution in [0.3, 0.4) is 0 Å². The third-order valence-electron chi connectivity index (χ3n) is 1.10. The van der Waals surface area contributed by atoms with Gasteiger partial charge < -0.3 is 0 Å². The van der Waals surface area contributed by atoms with E-state index in [0.29, 0.717) is 11.5 Å². The molecule has 0 aromatic rings. The topological polar surface area (TPSA) is 34.1 Å². The van der Waals surface area contributed by atoms with E-state index >= 15 is 0 Å². The number of thioether (sulfide) groups is 2. The molecule has 0 bridgehead atoms. The molecule has 0 aromatic carbocycles. The highest BCUT2D eigenvalue weighted by atomic mass is 127. The first-order valence-corrected chi connectivity index (χ1v) is 7.86. The molecule has 80 valence electrons. The Labute approximate surface area is 120 Å². The fourth-order valence-electron chi connectivity index (χ4n) is 0.487. The SMILES string of the molecule is CC(=O)SCC(I)=C(I)CSC(C)=O. The predicted octanol–water partition coefficient (Wildman–Crippen LogP) is 3.63. The third kappa shape index (κ3) is 8.54. The van der Waals surface area contributed by atoms with Crippen molar-refractivity contribution in [2.24, 2.45) is 0 Å². The Morgan fingerprint density at radius 2 is 1.21 bits per heavy atom. The van der Waals surface area contributed by atoms with Gasteiger partial charge in [0.1, 0.15) is 0 Å². The summed E-state index contributed by atoms with van der Waals surface area (Å²) in [5, 5.41) is 0.255. The normalized spacial score (nSPS) is 12.3. The maximum atomic E-state index is 10.7. The van der Waals surface area contributed by atoms with E-state index in [1.54, 1.807) is 13.8 Å². The molecule has 0 heterocycles. The molecule has 0 fully saturated rings. The number of hydrogen-bond acceptors (Lipinski definition) is 4. The quantitative estimate of drug-likeness (QED) is 0.606. The molecular weight excluding hydrogens is 446 g/mol. The molecule has 0 aliphatic carbocycles. The average molecular weight is 456 g/mol. The summed E-state index contributed by atoms with van der Waals surface area (Å²) in [5.74, 6) is 1.43. The molecule has 0 saturated heterocycles. The second-order valence-electron chi connectivity index (χ2n) is 2.37. The van der Waals surface area contributed by atoms with E-state index in [-0.39, 0.29) is 10.2 Å². The monoisotopic (exact) mass is 456 g/mol. The number of carbonyl (C=O) groups excluding carboxylic acids is 2. The van der Waals surface area contributed by atoms with Crippen LogP contribution >= 0.6 is 68.7 Å². The molecule has 0 spiro atoms. The van der Waals surface area contributed by atoms with Gasteiger partial charge in [0.25, 0.3) is 0 Å². The predicted molar refractivity (Wildman–Crippen MR) is 81.3 cm³/mol. The van der Waals surface area contributed by atoms with Crippen LogP contribution in [0.2, 0.25) is 0 Å². The summed E-state index contributed by atoms with van der Waals surface area (Å²) >= 11 is 7.04. The fraction of sp³-hybridized carbons (Fsp3) is 0.500. The average Bonchev–Trinajstić information content (AvgIpc) is 2.09. The van der Waals surface area contributed by atoms with Crippen LogP contribution in [0.5, 0.6) is 0 Å². The molecule has 14 heavy (non-hydrogen) atoms. The van der Waals surface area contributed by atoms with Crippen molar-refractivity contribution in [1.29, 1.82) is 0 Å². The molecule has 0 N–H and O–H groups in total. The Bertz CT molecular complexity index is 238. The van der Waals surface area contributed by atoms with Gasteiger partial charge in [0.2, 0.25) is 0 Å². The van der Waals surface area contributed by atoms with Gasteiger partial charge in [-0.2, -0.15) is 0 Å². The smallest absolute Gasteiger partial charge is 0.186 e. The molecule has 0 aliphatic heterocycles. The minimum absolute atomic E-state index is 0.127. The van der Waals surface area contributed by atoms with Crippen LogP contribution < -0.4 is 0 Å². The highest BCUT2D eigenvalue weighted by molar-refractivity contribution is 14.1. The lowest BCUT2D eigenvalue weighted by Crippen LogP contribution is -1.91. The molecule has 0 aromatic heterocycles. The van der Waals surface area contributed by atoms with E-state index in [4.69, 9.17) is 0 Å². The van der Waals surface area contributed by atoms with Crippen LogP contribution in [-0.2, 0) is 9.59 Å². The Morgan fingerprint density at radius 1 is 0.929 bits per heavy atom. The zero-order valence-electron chi connectivity index (χ0n) is 7.80. The van der Waals surface area contributed by atoms with Gasteiger partial charge >= 0.3 is 0 Å². The standard InChI is InChI=1S/C8H10I2O2S2/c1-5(11)13-3-7(9)8(10)4-14-6(2)12/h3-4H2,1-2H3. The maximum Gasteiger partial charge on any atom is 0.186 e. The van der Waals surface area contributed by atoms with Gasteiger partial charge in [-0.05, 0) is 45.2 Å². The highest BCUT2D eigenvalue weighted by Crippen LogP contribution is 2.26. The zero-order valence-corrected chi connectivity index (χ0v) is 13.8. The second-order valence-corrected chi connectivity index (χ2v) is 7.28. The molecule has 0 rings (SSSR count). The summed E-state index contributed by atoms with van der Waals surface area (Å²) in [7, 11) is 0. The van der Waals surface area contributed by atoms with E-state index in [0.717, 1.165) is 7.16 Å². The first-order chi connectivity index (χ1) is 6.43. The van der Waals surface area contributed by atoms with Crippen LogP contribution in [-0.4, -0.2) is 21.7 Å². The molecule has 0 amide bonds. The summed E-state index contributed by atoms with van der Waals surface area (Å²) in [4.78, 5) is 21.4. The molecule has 6 heteroatoms. The number of halogens is 2. The lowest BCUT2D eigenvalue weighted by atomic mass is 10.6. The van der Waals surface area contributed by atoms with E-state index in [2.05, 4.69) is 45.2 Å². The van der Waals surface area contributed by atoms with Gasteiger partial charge in [-0.1, -0.05) is 23.5 Å². The van der Waals surface area contributed by atoms with Gasteiger partial charge in [-0.25, -0.2) is 0 Å². The number of rotatable bonds is 4. The Balaban J connectivity index is 4.01. The van der Waals surface area contributed by atoms with Crippen molar-refractivity contribution in [2.45, 2.75) is 13.8 Å². The first kappa shape index (κ1) is 15.2. The fourth-order valence-corrected chi connectivity index (χ4v) is 3.33. The van der Waals surface area contributed by atoms with Crippen molar-refractivity contribution in [3.63, 3.8) is 0 Å². The largest absolute Gasteiger partial charge is 0.288 e. The van der Waals surface area contributed by atoms with Gasteiger partial charge in [-0.3, -0.25) is 9.59 Å². The lowest BCUT2D eigenvalue weighted by Gasteiger charge is -2.01. The molecule has 2 nitrogen and oxygen atoms in total. The van der Waals surface area contributed by atoms with E-state index < -0.39 is 0 Å². The van der Waals surface area contributed by atoms with Crippen LogP contribution in [0.15, 0.2) is 7.16 Å². The van der Waals surface area contributed by atoms with E-state index in [1.165, 1.54) is 23.5 Å². The Morgan fingerprint density at radius 3 is 1.43 bits per heavy atom. The third-order valence-corrected chi connectivity index (χ3v) is 6.91. The Hall–Kier alpha value is 1.24. The highest BCUT2D eigenvalue weighted by Gasteiger charge is 2.04. The minimum atomic E-state index is 0.127. The Kier molecular flexibility index (Phi) is 9.14. The molecule has 0 atom stereocenters. The van der Waals surface area contributed by atoms with Gasteiger partial charge in [-0.15, -0.1) is 0 Å². The van der Waals surface area contributed by atoms with E-state index in [1.807, 2.05) is 0 Å². The number of carbonyl (C=O) groups is 2. The zero-order chi connectivity index (χ0) is 11.1. The lowest BCUT2D eigenvalue weighted by molar-refractivity contribution is -0.109. The molecule has 0 aliphatic rings. The molecule has 0 unspecified atom stereocenters. The van der Waals surface area contributed by atoms with Gasteiger partial charge in [0, 0.05) is 32.5 Å². The van der Waals surface area contributed by atoms with Crippen molar-refractivity contribution in [3.8, 4) is 0 Å². The minimum Gasteiger partial charge on any atom is -0.288 e. The maximum absolute atomic E-state index is 10.7. The van der Waals surface area contributed by atoms with Crippen molar-refractivity contribution in [1.82, 2.24) is 0 Å². The summed E-state index contributed by atoms with van der Waals surface area (Å²) in [6, 6.07) is 0. The van der Waals surface area contributed by atoms with Crippen molar-refractivity contribution in [2.75, 3.05) is 11.5 Å². The number of hydrogen-bond donors (Lipinski definition) is 0. The molecular formula is C8H10I2O2S2. The summed E-state index contributed by atoms with van der Waals surface area (Å²) < 4.78 is 2.30. The van der Waals surface area contributed by atoms with Gasteiger partial charge in [0.05, 0.1) is 0 Å². The van der Waals surface area contributed by atoms with Gasteiger partial charge in [0.15, 0.2) is 10.2 Å². The van der Waals surface area contributed by atoms with Crippen molar-refractivity contribution >= 4 is 78.9 Å². The van der Waals surface area contributed by atoms with Crippen LogP contribution in [0, 0.1) is 0 Å². The summed E-state index contributed by atoms with van der Waals surface area (Å²) in [6.07, 6.45) is 0. The first-order valence-electron chi connectivity index (χ1n) is 3.73. The molecule has 0 radical (unpaired) electrons.